The van der Waals surface area contributed by atoms with E-state index < -0.39 is 0 Å². The summed E-state index contributed by atoms with van der Waals surface area (Å²) in [5.41, 5.74) is 2.56. The first kappa shape index (κ1) is 12.3. The highest BCUT2D eigenvalue weighted by molar-refractivity contribution is 9.10. The number of piperazine rings is 1. The normalized spacial score (nSPS) is 19.2. The van der Waals surface area contributed by atoms with Crippen molar-refractivity contribution in [3.8, 4) is 11.5 Å². The summed E-state index contributed by atoms with van der Waals surface area (Å²) >= 11 is 3.61. The Balaban J connectivity index is 1.85. The maximum Gasteiger partial charge on any atom is 0.231 e. The zero-order valence-corrected chi connectivity index (χ0v) is 12.0. The molecule has 2 aliphatic rings. The van der Waals surface area contributed by atoms with E-state index in [4.69, 9.17) is 9.47 Å². The van der Waals surface area contributed by atoms with Crippen LogP contribution >= 0.6 is 15.9 Å². The molecular weight excluding hydrogens is 296 g/mol. The number of benzene rings is 1. The van der Waals surface area contributed by atoms with Crippen molar-refractivity contribution in [2.24, 2.45) is 0 Å². The third-order valence-electron chi connectivity index (χ3n) is 3.56. The molecule has 0 spiro atoms. The predicted octanol–water partition coefficient (Wildman–Crippen LogP) is 1.89. The van der Waals surface area contributed by atoms with Crippen LogP contribution < -0.4 is 14.8 Å². The average Bonchev–Trinajstić information content (AvgIpc) is 2.85. The molecule has 0 amide bonds. The monoisotopic (exact) mass is 312 g/mol. The van der Waals surface area contributed by atoms with Crippen molar-refractivity contribution in [3.05, 3.63) is 21.7 Å². The molecule has 2 aliphatic heterocycles. The van der Waals surface area contributed by atoms with E-state index in [9.17, 15) is 0 Å². The van der Waals surface area contributed by atoms with Gasteiger partial charge in [-0.3, -0.25) is 4.90 Å². The lowest BCUT2D eigenvalue weighted by Gasteiger charge is -2.28. The number of halogens is 1. The highest BCUT2D eigenvalue weighted by Gasteiger charge is 2.22. The summed E-state index contributed by atoms with van der Waals surface area (Å²) in [7, 11) is 0. The van der Waals surface area contributed by atoms with E-state index in [1.807, 2.05) is 0 Å². The smallest absolute Gasteiger partial charge is 0.231 e. The van der Waals surface area contributed by atoms with Gasteiger partial charge >= 0.3 is 0 Å². The molecule has 0 saturated carbocycles. The van der Waals surface area contributed by atoms with Crippen molar-refractivity contribution in [2.45, 2.75) is 13.5 Å². The van der Waals surface area contributed by atoms with Gasteiger partial charge in [-0.25, -0.2) is 0 Å². The Morgan fingerprint density at radius 1 is 1.33 bits per heavy atom. The van der Waals surface area contributed by atoms with E-state index >= 15 is 0 Å². The van der Waals surface area contributed by atoms with Gasteiger partial charge in [0.1, 0.15) is 0 Å². The van der Waals surface area contributed by atoms with Gasteiger partial charge in [0.05, 0.1) is 4.47 Å². The molecule has 3 rings (SSSR count). The van der Waals surface area contributed by atoms with Gasteiger partial charge in [-0.05, 0) is 40.0 Å². The number of hydrogen-bond acceptors (Lipinski definition) is 4. The summed E-state index contributed by atoms with van der Waals surface area (Å²) in [6.45, 7) is 7.78. The van der Waals surface area contributed by atoms with Gasteiger partial charge in [0.15, 0.2) is 11.5 Å². The highest BCUT2D eigenvalue weighted by atomic mass is 79.9. The van der Waals surface area contributed by atoms with Crippen LogP contribution in [-0.2, 0) is 6.54 Å². The lowest BCUT2D eigenvalue weighted by Crippen LogP contribution is -2.43. The summed E-state index contributed by atoms with van der Waals surface area (Å²) in [5, 5.41) is 3.37. The average molecular weight is 313 g/mol. The zero-order chi connectivity index (χ0) is 12.5. The molecule has 1 aromatic rings. The van der Waals surface area contributed by atoms with Crippen LogP contribution in [0.1, 0.15) is 11.1 Å². The number of nitrogens with one attached hydrogen (secondary N) is 1. The standard InChI is InChI=1S/C13H17BrN2O2/c1-9-10(7-16-4-2-15-3-5-16)6-11-13(12(9)14)18-8-17-11/h6,15H,2-5,7-8H2,1H3. The van der Waals surface area contributed by atoms with Gasteiger partial charge in [0.2, 0.25) is 6.79 Å². The fourth-order valence-corrected chi connectivity index (χ4v) is 2.98. The second-order valence-corrected chi connectivity index (χ2v) is 5.53. The molecule has 1 fully saturated rings. The van der Waals surface area contributed by atoms with E-state index in [-0.39, 0.29) is 0 Å². The number of hydrogen-bond donors (Lipinski definition) is 1. The van der Waals surface area contributed by atoms with Crippen LogP contribution in [0.15, 0.2) is 10.5 Å². The first-order valence-corrected chi connectivity index (χ1v) is 7.05. The van der Waals surface area contributed by atoms with Crippen LogP contribution in [0.5, 0.6) is 11.5 Å². The van der Waals surface area contributed by atoms with E-state index in [1.165, 1.54) is 11.1 Å². The molecule has 0 aliphatic carbocycles. The minimum absolute atomic E-state index is 0.324. The first-order valence-electron chi connectivity index (χ1n) is 6.26. The molecule has 98 valence electrons. The third-order valence-corrected chi connectivity index (χ3v) is 4.52. The van der Waals surface area contributed by atoms with Crippen LogP contribution in [0.3, 0.4) is 0 Å². The summed E-state index contributed by atoms with van der Waals surface area (Å²) in [5.74, 6) is 1.70. The minimum atomic E-state index is 0.324. The van der Waals surface area contributed by atoms with Crippen molar-refractivity contribution in [3.63, 3.8) is 0 Å². The fraction of sp³-hybridized carbons (Fsp3) is 0.538. The maximum atomic E-state index is 5.48. The van der Waals surface area contributed by atoms with Crippen molar-refractivity contribution >= 4 is 15.9 Å². The Morgan fingerprint density at radius 3 is 2.89 bits per heavy atom. The van der Waals surface area contributed by atoms with E-state index in [1.54, 1.807) is 0 Å². The Hall–Kier alpha value is -0.780. The predicted molar refractivity (Wildman–Crippen MR) is 73.1 cm³/mol. The van der Waals surface area contributed by atoms with Crippen LogP contribution in [0.25, 0.3) is 0 Å². The summed E-state index contributed by atoms with van der Waals surface area (Å²) in [4.78, 5) is 2.47. The largest absolute Gasteiger partial charge is 0.454 e. The third kappa shape index (κ3) is 2.22. The van der Waals surface area contributed by atoms with E-state index in [0.717, 1.165) is 48.7 Å². The van der Waals surface area contributed by atoms with Gasteiger partial charge in [0, 0.05) is 32.7 Å². The molecular formula is C13H17BrN2O2. The molecule has 1 aromatic carbocycles. The van der Waals surface area contributed by atoms with Crippen LogP contribution in [0, 0.1) is 6.92 Å². The molecule has 0 radical (unpaired) electrons. The Labute approximate surface area is 115 Å². The topological polar surface area (TPSA) is 33.7 Å². The minimum Gasteiger partial charge on any atom is -0.454 e. The molecule has 2 heterocycles. The fourth-order valence-electron chi connectivity index (χ4n) is 2.42. The second-order valence-electron chi connectivity index (χ2n) is 4.73. The molecule has 0 aromatic heterocycles. The molecule has 4 nitrogen and oxygen atoms in total. The molecule has 0 bridgehead atoms. The summed E-state index contributed by atoms with van der Waals surface area (Å²) in [6, 6.07) is 2.12. The molecule has 1 saturated heterocycles. The van der Waals surface area contributed by atoms with E-state index in [2.05, 4.69) is 39.1 Å². The summed E-state index contributed by atoms with van der Waals surface area (Å²) in [6.07, 6.45) is 0. The lowest BCUT2D eigenvalue weighted by molar-refractivity contribution is 0.173. The van der Waals surface area contributed by atoms with Gasteiger partial charge in [-0.2, -0.15) is 0 Å². The maximum absolute atomic E-state index is 5.48. The van der Waals surface area contributed by atoms with Crippen LogP contribution in [0.4, 0.5) is 0 Å². The van der Waals surface area contributed by atoms with Crippen molar-refractivity contribution < 1.29 is 9.47 Å². The van der Waals surface area contributed by atoms with Crippen LogP contribution in [0.2, 0.25) is 0 Å². The summed E-state index contributed by atoms with van der Waals surface area (Å²) < 4.78 is 12.0. The van der Waals surface area contributed by atoms with Crippen molar-refractivity contribution in [1.82, 2.24) is 10.2 Å². The highest BCUT2D eigenvalue weighted by Crippen LogP contribution is 2.42. The van der Waals surface area contributed by atoms with Crippen molar-refractivity contribution in [1.29, 1.82) is 0 Å². The van der Waals surface area contributed by atoms with Gasteiger partial charge in [-0.15, -0.1) is 0 Å². The quantitative estimate of drug-likeness (QED) is 0.904. The van der Waals surface area contributed by atoms with Gasteiger partial charge in [0.25, 0.3) is 0 Å². The molecule has 5 heteroatoms. The van der Waals surface area contributed by atoms with Crippen LogP contribution in [-0.4, -0.2) is 37.9 Å². The SMILES string of the molecule is Cc1c(CN2CCNCC2)cc2c(c1Br)OCO2. The molecule has 1 N–H and O–H groups in total. The number of rotatable bonds is 2. The van der Waals surface area contributed by atoms with Gasteiger partial charge < -0.3 is 14.8 Å². The Bertz CT molecular complexity index is 459. The number of ether oxygens (including phenoxy) is 2. The first-order chi connectivity index (χ1) is 8.75. The second kappa shape index (κ2) is 5.07. The lowest BCUT2D eigenvalue weighted by atomic mass is 10.1. The zero-order valence-electron chi connectivity index (χ0n) is 10.5. The van der Waals surface area contributed by atoms with Crippen molar-refractivity contribution in [2.75, 3.05) is 33.0 Å². The molecule has 0 atom stereocenters. The Kier molecular flexibility index (Phi) is 3.46. The molecule has 0 unspecified atom stereocenters. The van der Waals surface area contributed by atoms with Gasteiger partial charge in [-0.1, -0.05) is 0 Å². The number of nitrogens with zero attached hydrogens (tertiary/aromatic N) is 1. The Morgan fingerprint density at radius 2 is 2.11 bits per heavy atom. The number of fused-ring (bicyclic) bond motifs is 1. The van der Waals surface area contributed by atoms with E-state index in [0.29, 0.717) is 6.79 Å². The molecule has 18 heavy (non-hydrogen) atoms.